The van der Waals surface area contributed by atoms with Crippen LogP contribution in [0.2, 0.25) is 0 Å². The van der Waals surface area contributed by atoms with Crippen LogP contribution >= 0.6 is 15.9 Å². The summed E-state index contributed by atoms with van der Waals surface area (Å²) in [4.78, 5) is 13.4. The lowest BCUT2D eigenvalue weighted by Gasteiger charge is -2.46. The molecule has 1 amide bonds. The monoisotopic (exact) mass is 343 g/mol. The number of β-amino-alcohol motifs (C(OH)–C–C–N with tert-alkyl or cyclic N) is 1. The van der Waals surface area contributed by atoms with Gasteiger partial charge in [-0.25, -0.2) is 4.39 Å². The molecule has 20 heavy (non-hydrogen) atoms. The number of rotatable bonds is 4. The van der Waals surface area contributed by atoms with Gasteiger partial charge in [0, 0.05) is 4.47 Å². The first-order chi connectivity index (χ1) is 9.48. The molecule has 1 aromatic rings. The molecule has 0 bridgehead atoms. The summed E-state index contributed by atoms with van der Waals surface area (Å²) in [5.74, 6) is -0.334. The molecule has 1 aliphatic carbocycles. The minimum Gasteiger partial charge on any atom is -0.481 e. The lowest BCUT2D eigenvalue weighted by Crippen LogP contribution is -2.65. The molecule has 108 valence electrons. The third kappa shape index (κ3) is 2.67. The summed E-state index contributed by atoms with van der Waals surface area (Å²) in [6, 6.07) is 4.41. The molecule has 1 saturated carbocycles. The molecule has 0 radical (unpaired) electrons. The van der Waals surface area contributed by atoms with E-state index in [1.807, 2.05) is 0 Å². The molecule has 1 aliphatic heterocycles. The molecule has 1 saturated heterocycles. The standard InChI is InChI=1S/C14H15BrFNO3/c15-10-3-4-12(11(16)5-10)20-6-13(18)17-7-14(19,8-17)9-1-2-9/h3-5,9,19H,1-2,6-8H2. The zero-order valence-electron chi connectivity index (χ0n) is 10.8. The van der Waals surface area contributed by atoms with E-state index in [-0.39, 0.29) is 18.3 Å². The topological polar surface area (TPSA) is 49.8 Å². The van der Waals surface area contributed by atoms with Gasteiger partial charge in [0.05, 0.1) is 13.1 Å². The summed E-state index contributed by atoms with van der Waals surface area (Å²) in [6.45, 7) is 0.519. The first-order valence-electron chi connectivity index (χ1n) is 6.56. The Labute approximate surface area is 124 Å². The van der Waals surface area contributed by atoms with Crippen LogP contribution in [0, 0.1) is 11.7 Å². The van der Waals surface area contributed by atoms with Crippen LogP contribution in [0.3, 0.4) is 0 Å². The maximum Gasteiger partial charge on any atom is 0.260 e. The number of likely N-dealkylation sites (tertiary alicyclic amines) is 1. The Kier molecular flexibility index (Phi) is 3.46. The van der Waals surface area contributed by atoms with Crippen molar-refractivity contribution in [3.63, 3.8) is 0 Å². The van der Waals surface area contributed by atoms with Crippen molar-refractivity contribution < 1.29 is 19.0 Å². The van der Waals surface area contributed by atoms with E-state index in [1.54, 1.807) is 11.0 Å². The number of halogens is 2. The van der Waals surface area contributed by atoms with Gasteiger partial charge in [0.25, 0.3) is 5.91 Å². The highest BCUT2D eigenvalue weighted by molar-refractivity contribution is 9.10. The molecular formula is C14H15BrFNO3. The van der Waals surface area contributed by atoms with Gasteiger partial charge in [0.2, 0.25) is 0 Å². The van der Waals surface area contributed by atoms with Crippen LogP contribution < -0.4 is 4.74 Å². The molecule has 2 fully saturated rings. The van der Waals surface area contributed by atoms with Gasteiger partial charge in [-0.05, 0) is 37.0 Å². The molecular weight excluding hydrogens is 329 g/mol. The van der Waals surface area contributed by atoms with Gasteiger partial charge in [-0.2, -0.15) is 0 Å². The van der Waals surface area contributed by atoms with E-state index in [0.717, 1.165) is 12.8 Å². The van der Waals surface area contributed by atoms with Crippen LogP contribution in [0.15, 0.2) is 22.7 Å². The predicted octanol–water partition coefficient (Wildman–Crippen LogP) is 1.95. The summed E-state index contributed by atoms with van der Waals surface area (Å²) in [7, 11) is 0. The Balaban J connectivity index is 1.50. The van der Waals surface area contributed by atoms with Gasteiger partial charge in [-0.1, -0.05) is 15.9 Å². The third-order valence-corrected chi connectivity index (χ3v) is 4.36. The summed E-state index contributed by atoms with van der Waals surface area (Å²) in [6.07, 6.45) is 2.08. The average Bonchev–Trinajstić information content (AvgIpc) is 3.18. The Morgan fingerprint density at radius 1 is 1.50 bits per heavy atom. The zero-order valence-corrected chi connectivity index (χ0v) is 12.4. The zero-order chi connectivity index (χ0) is 14.3. The number of carbonyl (C=O) groups is 1. The minimum absolute atomic E-state index is 0.0551. The predicted molar refractivity (Wildman–Crippen MR) is 73.8 cm³/mol. The second kappa shape index (κ2) is 5.00. The van der Waals surface area contributed by atoms with E-state index in [1.165, 1.54) is 12.1 Å². The Morgan fingerprint density at radius 2 is 2.20 bits per heavy atom. The molecule has 1 N–H and O–H groups in total. The maximum absolute atomic E-state index is 13.5. The van der Waals surface area contributed by atoms with Crippen molar-refractivity contribution in [1.29, 1.82) is 0 Å². The second-order valence-corrected chi connectivity index (χ2v) is 6.41. The number of carbonyl (C=O) groups excluding carboxylic acids is 1. The summed E-state index contributed by atoms with van der Waals surface area (Å²) >= 11 is 3.15. The van der Waals surface area contributed by atoms with Crippen molar-refractivity contribution >= 4 is 21.8 Å². The van der Waals surface area contributed by atoms with E-state index in [2.05, 4.69) is 15.9 Å². The molecule has 2 aliphatic rings. The first kappa shape index (κ1) is 13.8. The number of aliphatic hydroxyl groups is 1. The average molecular weight is 344 g/mol. The molecule has 0 aromatic heterocycles. The summed E-state index contributed by atoms with van der Waals surface area (Å²) in [5.41, 5.74) is -0.696. The number of nitrogens with zero attached hydrogens (tertiary/aromatic N) is 1. The van der Waals surface area contributed by atoms with Crippen LogP contribution in [0.25, 0.3) is 0 Å². The molecule has 4 nitrogen and oxygen atoms in total. The van der Waals surface area contributed by atoms with Crippen molar-refractivity contribution in [3.8, 4) is 5.75 Å². The first-order valence-corrected chi connectivity index (χ1v) is 7.35. The number of amides is 1. The Morgan fingerprint density at radius 3 is 2.80 bits per heavy atom. The fourth-order valence-electron chi connectivity index (χ4n) is 2.49. The molecule has 1 heterocycles. The molecule has 6 heteroatoms. The normalized spacial score (nSPS) is 20.4. The lowest BCUT2D eigenvalue weighted by atomic mass is 9.89. The van der Waals surface area contributed by atoms with Gasteiger partial charge >= 0.3 is 0 Å². The highest BCUT2D eigenvalue weighted by Gasteiger charge is 2.53. The van der Waals surface area contributed by atoms with Gasteiger partial charge in [0.15, 0.2) is 18.2 Å². The smallest absolute Gasteiger partial charge is 0.260 e. The van der Waals surface area contributed by atoms with Crippen molar-refractivity contribution in [2.24, 2.45) is 5.92 Å². The highest BCUT2D eigenvalue weighted by Crippen LogP contribution is 2.44. The SMILES string of the molecule is O=C(COc1ccc(Br)cc1F)N1CC(O)(C2CC2)C1. The van der Waals surface area contributed by atoms with Gasteiger partial charge in [-0.3, -0.25) is 4.79 Å². The van der Waals surface area contributed by atoms with Gasteiger partial charge in [0.1, 0.15) is 5.60 Å². The van der Waals surface area contributed by atoms with Crippen molar-refractivity contribution in [2.45, 2.75) is 18.4 Å². The Bertz CT molecular complexity index is 541. The van der Waals surface area contributed by atoms with Crippen LogP contribution in [0.5, 0.6) is 5.75 Å². The fraction of sp³-hybridized carbons (Fsp3) is 0.500. The quantitative estimate of drug-likeness (QED) is 0.908. The number of ether oxygens (including phenoxy) is 1. The summed E-state index contributed by atoms with van der Waals surface area (Å²) in [5, 5.41) is 10.1. The van der Waals surface area contributed by atoms with Crippen molar-refractivity contribution in [1.82, 2.24) is 4.90 Å². The fourth-order valence-corrected chi connectivity index (χ4v) is 2.83. The summed E-state index contributed by atoms with van der Waals surface area (Å²) < 4.78 is 19.3. The number of hydrogen-bond acceptors (Lipinski definition) is 3. The largest absolute Gasteiger partial charge is 0.481 e. The van der Waals surface area contributed by atoms with E-state index >= 15 is 0 Å². The third-order valence-electron chi connectivity index (χ3n) is 3.86. The second-order valence-electron chi connectivity index (χ2n) is 5.49. The molecule has 0 spiro atoms. The lowest BCUT2D eigenvalue weighted by molar-refractivity contribution is -0.161. The van der Waals surface area contributed by atoms with E-state index < -0.39 is 11.4 Å². The van der Waals surface area contributed by atoms with Crippen molar-refractivity contribution in [3.05, 3.63) is 28.5 Å². The maximum atomic E-state index is 13.5. The van der Waals surface area contributed by atoms with Crippen molar-refractivity contribution in [2.75, 3.05) is 19.7 Å². The van der Waals surface area contributed by atoms with Crippen LogP contribution in [0.4, 0.5) is 4.39 Å². The van der Waals surface area contributed by atoms with E-state index in [9.17, 15) is 14.3 Å². The minimum atomic E-state index is -0.696. The molecule has 0 atom stereocenters. The highest BCUT2D eigenvalue weighted by atomic mass is 79.9. The van der Waals surface area contributed by atoms with E-state index in [0.29, 0.717) is 23.5 Å². The molecule has 0 unspecified atom stereocenters. The van der Waals surface area contributed by atoms with Crippen LogP contribution in [-0.2, 0) is 4.79 Å². The van der Waals surface area contributed by atoms with E-state index in [4.69, 9.17) is 4.74 Å². The number of hydrogen-bond donors (Lipinski definition) is 1. The van der Waals surface area contributed by atoms with Gasteiger partial charge in [-0.15, -0.1) is 0 Å². The molecule has 1 aromatic carbocycles. The van der Waals surface area contributed by atoms with Crippen LogP contribution in [0.1, 0.15) is 12.8 Å². The van der Waals surface area contributed by atoms with Crippen LogP contribution in [-0.4, -0.2) is 41.2 Å². The van der Waals surface area contributed by atoms with Gasteiger partial charge < -0.3 is 14.7 Å². The number of benzene rings is 1. The molecule has 3 rings (SSSR count). The Hall–Kier alpha value is -1.14.